The minimum Gasteiger partial charge on any atom is -0.300 e. The third kappa shape index (κ3) is 5.60. The number of aromatic nitrogens is 1. The maximum Gasteiger partial charge on any atom is 0.148 e. The van der Waals surface area contributed by atoms with Crippen molar-refractivity contribution in [1.82, 2.24) is 9.88 Å². The Balaban J connectivity index is 2.52. The zero-order valence-corrected chi connectivity index (χ0v) is 12.4. The lowest BCUT2D eigenvalue weighted by molar-refractivity contribution is 0.342. The van der Waals surface area contributed by atoms with E-state index in [2.05, 4.69) is 24.9 Å². The van der Waals surface area contributed by atoms with Crippen molar-refractivity contribution in [3.63, 3.8) is 0 Å². The summed E-state index contributed by atoms with van der Waals surface area (Å²) in [6.07, 6.45) is 3.15. The Kier molecular flexibility index (Phi) is 5.28. The van der Waals surface area contributed by atoms with Crippen LogP contribution in [0.3, 0.4) is 0 Å². The molecule has 0 aliphatic rings. The summed E-state index contributed by atoms with van der Waals surface area (Å²) in [7, 11) is -0.986. The molecular formula is C13H22N2O2S. The van der Waals surface area contributed by atoms with Crippen LogP contribution in [0, 0.1) is 0 Å². The fourth-order valence-corrected chi connectivity index (χ4v) is 2.19. The first kappa shape index (κ1) is 15.1. The zero-order valence-electron chi connectivity index (χ0n) is 11.5. The number of hydrogen-bond acceptors (Lipinski definition) is 4. The number of sulfone groups is 1. The zero-order chi connectivity index (χ0) is 13.8. The van der Waals surface area contributed by atoms with Crippen molar-refractivity contribution < 1.29 is 8.42 Å². The van der Waals surface area contributed by atoms with Crippen molar-refractivity contribution in [2.24, 2.45) is 0 Å². The van der Waals surface area contributed by atoms with Crippen LogP contribution in [0.15, 0.2) is 18.3 Å². The van der Waals surface area contributed by atoms with E-state index in [4.69, 9.17) is 0 Å². The molecule has 18 heavy (non-hydrogen) atoms. The molecule has 102 valence electrons. The molecule has 0 atom stereocenters. The fraction of sp³-hybridized carbons (Fsp3) is 0.615. The molecule has 1 aromatic heterocycles. The third-order valence-corrected chi connectivity index (χ3v) is 3.71. The van der Waals surface area contributed by atoms with Crippen LogP contribution in [0.25, 0.3) is 0 Å². The van der Waals surface area contributed by atoms with Gasteiger partial charge in [0.25, 0.3) is 0 Å². The minimum atomic E-state index is -2.89. The second-order valence-electron chi connectivity index (χ2n) is 5.11. The van der Waals surface area contributed by atoms with Crippen LogP contribution < -0.4 is 0 Å². The summed E-state index contributed by atoms with van der Waals surface area (Å²) >= 11 is 0. The van der Waals surface area contributed by atoms with E-state index in [1.807, 2.05) is 24.2 Å². The van der Waals surface area contributed by atoms with Crippen molar-refractivity contribution in [1.29, 1.82) is 0 Å². The van der Waals surface area contributed by atoms with Gasteiger partial charge in [-0.25, -0.2) is 8.42 Å². The summed E-state index contributed by atoms with van der Waals surface area (Å²) in [6, 6.07) is 4.09. The van der Waals surface area contributed by atoms with Crippen molar-refractivity contribution in [2.45, 2.75) is 26.3 Å². The molecule has 0 amide bonds. The molecule has 0 aliphatic carbocycles. The number of rotatable bonds is 6. The van der Waals surface area contributed by atoms with E-state index in [0.717, 1.165) is 5.69 Å². The highest BCUT2D eigenvalue weighted by Gasteiger charge is 2.07. The molecule has 0 saturated heterocycles. The minimum absolute atomic E-state index is 0.188. The highest BCUT2D eigenvalue weighted by atomic mass is 32.2. The Morgan fingerprint density at radius 2 is 2.00 bits per heavy atom. The van der Waals surface area contributed by atoms with E-state index in [1.54, 1.807) is 0 Å². The standard InChI is InChI=1S/C13H22N2O2S/c1-11(2)12-5-6-13(14-9-12)10-15(3)7-8-18(4,16)17/h5-6,9,11H,7-8,10H2,1-4H3. The number of nitrogens with zero attached hydrogens (tertiary/aromatic N) is 2. The van der Waals surface area contributed by atoms with E-state index in [-0.39, 0.29) is 5.75 Å². The summed E-state index contributed by atoms with van der Waals surface area (Å²) < 4.78 is 22.1. The van der Waals surface area contributed by atoms with Gasteiger partial charge in [0.1, 0.15) is 9.84 Å². The van der Waals surface area contributed by atoms with E-state index in [0.29, 0.717) is 19.0 Å². The SMILES string of the molecule is CC(C)c1ccc(CN(C)CCS(C)(=O)=O)nc1. The topological polar surface area (TPSA) is 50.3 Å². The second-order valence-corrected chi connectivity index (χ2v) is 7.36. The number of pyridine rings is 1. The molecule has 1 rings (SSSR count). The smallest absolute Gasteiger partial charge is 0.148 e. The van der Waals surface area contributed by atoms with E-state index < -0.39 is 9.84 Å². The summed E-state index contributed by atoms with van der Waals surface area (Å²) in [5.74, 6) is 0.669. The highest BCUT2D eigenvalue weighted by molar-refractivity contribution is 7.90. The highest BCUT2D eigenvalue weighted by Crippen LogP contribution is 2.13. The van der Waals surface area contributed by atoms with Gasteiger partial charge in [-0.05, 0) is 24.6 Å². The van der Waals surface area contributed by atoms with Gasteiger partial charge in [0.2, 0.25) is 0 Å². The summed E-state index contributed by atoms with van der Waals surface area (Å²) in [5.41, 5.74) is 2.19. The molecule has 0 aliphatic heterocycles. The molecule has 0 N–H and O–H groups in total. The quantitative estimate of drug-likeness (QED) is 0.789. The van der Waals surface area contributed by atoms with Gasteiger partial charge >= 0.3 is 0 Å². The van der Waals surface area contributed by atoms with Crippen LogP contribution in [0.5, 0.6) is 0 Å². The van der Waals surface area contributed by atoms with Crippen LogP contribution in [-0.2, 0) is 16.4 Å². The Bertz CT molecular complexity index is 466. The van der Waals surface area contributed by atoms with Crippen molar-refractivity contribution in [3.8, 4) is 0 Å². The van der Waals surface area contributed by atoms with Crippen LogP contribution in [0.1, 0.15) is 31.0 Å². The maximum atomic E-state index is 11.1. The van der Waals surface area contributed by atoms with Crippen LogP contribution >= 0.6 is 0 Å². The summed E-state index contributed by atoms with van der Waals surface area (Å²) in [5, 5.41) is 0. The summed E-state index contributed by atoms with van der Waals surface area (Å²) in [4.78, 5) is 6.36. The lowest BCUT2D eigenvalue weighted by Gasteiger charge is -2.15. The fourth-order valence-electron chi connectivity index (χ4n) is 1.55. The van der Waals surface area contributed by atoms with Gasteiger partial charge < -0.3 is 0 Å². The first-order valence-corrected chi connectivity index (χ1v) is 8.15. The van der Waals surface area contributed by atoms with Crippen LogP contribution in [-0.4, -0.2) is 43.9 Å². The van der Waals surface area contributed by atoms with Crippen LogP contribution in [0.2, 0.25) is 0 Å². The van der Waals surface area contributed by atoms with Crippen LogP contribution in [0.4, 0.5) is 0 Å². The Morgan fingerprint density at radius 3 is 2.44 bits per heavy atom. The molecule has 1 heterocycles. The normalized spacial score (nSPS) is 12.3. The predicted molar refractivity (Wildman–Crippen MR) is 74.4 cm³/mol. The summed E-state index contributed by atoms with van der Waals surface area (Å²) in [6.45, 7) is 5.48. The van der Waals surface area contributed by atoms with Crippen molar-refractivity contribution in [3.05, 3.63) is 29.6 Å². The molecule has 1 aromatic rings. The molecule has 0 unspecified atom stereocenters. The first-order valence-electron chi connectivity index (χ1n) is 6.09. The van der Waals surface area contributed by atoms with E-state index in [1.165, 1.54) is 11.8 Å². The number of hydrogen-bond donors (Lipinski definition) is 0. The molecule has 0 spiro atoms. The monoisotopic (exact) mass is 270 g/mol. The Labute approximate surface area is 110 Å². The molecule has 0 fully saturated rings. The second kappa shape index (κ2) is 6.29. The van der Waals surface area contributed by atoms with Gasteiger partial charge in [-0.15, -0.1) is 0 Å². The Hall–Kier alpha value is -0.940. The average molecular weight is 270 g/mol. The van der Waals surface area contributed by atoms with Crippen molar-refractivity contribution >= 4 is 9.84 Å². The lowest BCUT2D eigenvalue weighted by atomic mass is 10.1. The molecule has 0 saturated carbocycles. The average Bonchev–Trinajstić information content (AvgIpc) is 2.26. The predicted octanol–water partition coefficient (Wildman–Crippen LogP) is 1.68. The van der Waals surface area contributed by atoms with Gasteiger partial charge in [-0.3, -0.25) is 9.88 Å². The maximum absolute atomic E-state index is 11.1. The van der Waals surface area contributed by atoms with Gasteiger partial charge in [0, 0.05) is 25.5 Å². The van der Waals surface area contributed by atoms with Gasteiger partial charge in [-0.2, -0.15) is 0 Å². The molecule has 5 heteroatoms. The van der Waals surface area contributed by atoms with E-state index >= 15 is 0 Å². The molecule has 4 nitrogen and oxygen atoms in total. The third-order valence-electron chi connectivity index (χ3n) is 2.79. The Morgan fingerprint density at radius 1 is 1.33 bits per heavy atom. The van der Waals surface area contributed by atoms with Gasteiger partial charge in [-0.1, -0.05) is 19.9 Å². The lowest BCUT2D eigenvalue weighted by Crippen LogP contribution is -2.25. The van der Waals surface area contributed by atoms with Gasteiger partial charge in [0.05, 0.1) is 11.4 Å². The molecule has 0 radical (unpaired) electrons. The van der Waals surface area contributed by atoms with Crippen molar-refractivity contribution in [2.75, 3.05) is 25.6 Å². The molecule has 0 bridgehead atoms. The van der Waals surface area contributed by atoms with E-state index in [9.17, 15) is 8.42 Å². The first-order chi connectivity index (χ1) is 8.28. The van der Waals surface area contributed by atoms with Gasteiger partial charge in [0.15, 0.2) is 0 Å². The molecular weight excluding hydrogens is 248 g/mol. The largest absolute Gasteiger partial charge is 0.300 e. The molecule has 0 aromatic carbocycles.